The van der Waals surface area contributed by atoms with Crippen molar-refractivity contribution >= 4 is 37.5 Å². The number of benzene rings is 2. The van der Waals surface area contributed by atoms with Gasteiger partial charge in [0.1, 0.15) is 0 Å². The van der Waals surface area contributed by atoms with Crippen LogP contribution in [-0.4, -0.2) is 0 Å². The van der Waals surface area contributed by atoms with E-state index in [4.69, 9.17) is 0 Å². The van der Waals surface area contributed by atoms with Crippen LogP contribution < -0.4 is 5.32 Å². The second kappa shape index (κ2) is 5.68. The van der Waals surface area contributed by atoms with Crippen LogP contribution in [0.5, 0.6) is 0 Å². The molecule has 2 aromatic carbocycles. The van der Waals surface area contributed by atoms with Gasteiger partial charge in [0.25, 0.3) is 0 Å². The Morgan fingerprint density at radius 2 is 1.89 bits per heavy atom. The lowest BCUT2D eigenvalue weighted by Crippen LogP contribution is -2.00. The minimum atomic E-state index is 0.817. The third kappa shape index (κ3) is 3.40. The van der Waals surface area contributed by atoms with Gasteiger partial charge < -0.3 is 5.32 Å². The molecule has 1 nitrogen and oxygen atoms in total. The molecule has 2 aromatic rings. The molecule has 0 amide bonds. The van der Waals surface area contributed by atoms with Crippen LogP contribution in [0.15, 0.2) is 51.4 Å². The molecule has 0 bridgehead atoms. The van der Waals surface area contributed by atoms with Crippen molar-refractivity contribution in [3.63, 3.8) is 0 Å². The third-order valence-electron chi connectivity index (χ3n) is 3.41. The van der Waals surface area contributed by atoms with Crippen molar-refractivity contribution in [2.75, 3.05) is 5.32 Å². The van der Waals surface area contributed by atoms with Gasteiger partial charge in [-0.25, -0.2) is 0 Å². The Morgan fingerprint density at radius 3 is 2.68 bits per heavy atom. The van der Waals surface area contributed by atoms with E-state index in [0.717, 1.165) is 27.1 Å². The van der Waals surface area contributed by atoms with E-state index in [1.54, 1.807) is 0 Å². The monoisotopic (exact) mass is 379 g/mol. The molecule has 1 saturated carbocycles. The average molecular weight is 381 g/mol. The molecule has 0 saturated heterocycles. The van der Waals surface area contributed by atoms with Crippen molar-refractivity contribution in [3.8, 4) is 0 Å². The van der Waals surface area contributed by atoms with Crippen LogP contribution in [0.2, 0.25) is 0 Å². The van der Waals surface area contributed by atoms with Crippen LogP contribution in [0.25, 0.3) is 0 Å². The van der Waals surface area contributed by atoms with E-state index in [0.29, 0.717) is 0 Å². The molecule has 98 valence electrons. The standard InChI is InChI=1S/C16H15Br2N/c17-14-6-7-15(18)16(9-14)19-10-11-2-1-3-13(8-11)12-4-5-12/h1-3,6-9,12,19H,4-5,10H2. The summed E-state index contributed by atoms with van der Waals surface area (Å²) >= 11 is 7.07. The Hall–Kier alpha value is -0.800. The molecule has 0 unspecified atom stereocenters. The topological polar surface area (TPSA) is 12.0 Å². The maximum absolute atomic E-state index is 3.57. The van der Waals surface area contributed by atoms with E-state index in [1.165, 1.54) is 24.0 Å². The van der Waals surface area contributed by atoms with E-state index >= 15 is 0 Å². The highest BCUT2D eigenvalue weighted by atomic mass is 79.9. The first-order chi connectivity index (χ1) is 9.22. The van der Waals surface area contributed by atoms with Gasteiger partial charge in [0.15, 0.2) is 0 Å². The van der Waals surface area contributed by atoms with Crippen LogP contribution in [0.3, 0.4) is 0 Å². The molecule has 1 aliphatic rings. The number of halogens is 2. The number of nitrogens with one attached hydrogen (secondary N) is 1. The lowest BCUT2D eigenvalue weighted by Gasteiger charge is -2.10. The molecule has 1 N–H and O–H groups in total. The number of anilines is 1. The molecule has 0 spiro atoms. The first kappa shape index (κ1) is 13.2. The maximum atomic E-state index is 3.57. The normalized spacial score (nSPS) is 14.4. The quantitative estimate of drug-likeness (QED) is 0.717. The van der Waals surface area contributed by atoms with Gasteiger partial charge in [-0.05, 0) is 64.0 Å². The number of hydrogen-bond donors (Lipinski definition) is 1. The highest BCUT2D eigenvalue weighted by molar-refractivity contribution is 9.11. The molecule has 1 fully saturated rings. The summed E-state index contributed by atoms with van der Waals surface area (Å²) in [4.78, 5) is 0. The van der Waals surface area contributed by atoms with Gasteiger partial charge in [0.05, 0.1) is 0 Å². The van der Waals surface area contributed by atoms with Crippen molar-refractivity contribution in [1.29, 1.82) is 0 Å². The summed E-state index contributed by atoms with van der Waals surface area (Å²) < 4.78 is 2.18. The largest absolute Gasteiger partial charge is 0.380 e. The fraction of sp³-hybridized carbons (Fsp3) is 0.250. The van der Waals surface area contributed by atoms with Crippen LogP contribution in [0.1, 0.15) is 29.9 Å². The maximum Gasteiger partial charge on any atom is 0.0498 e. The first-order valence-corrected chi connectivity index (χ1v) is 8.09. The first-order valence-electron chi connectivity index (χ1n) is 6.50. The van der Waals surface area contributed by atoms with E-state index in [-0.39, 0.29) is 0 Å². The molecule has 0 aliphatic heterocycles. The summed E-state index contributed by atoms with van der Waals surface area (Å²) in [5, 5.41) is 3.48. The van der Waals surface area contributed by atoms with E-state index < -0.39 is 0 Å². The highest BCUT2D eigenvalue weighted by Gasteiger charge is 2.23. The molecule has 3 rings (SSSR count). The van der Waals surface area contributed by atoms with Crippen LogP contribution in [0.4, 0.5) is 5.69 Å². The smallest absolute Gasteiger partial charge is 0.0498 e. The van der Waals surface area contributed by atoms with Gasteiger partial charge >= 0.3 is 0 Å². The van der Waals surface area contributed by atoms with Crippen molar-refractivity contribution in [1.82, 2.24) is 0 Å². The lowest BCUT2D eigenvalue weighted by atomic mass is 10.1. The van der Waals surface area contributed by atoms with E-state index in [2.05, 4.69) is 67.5 Å². The molecule has 0 radical (unpaired) electrons. The predicted octanol–water partition coefficient (Wildman–Crippen LogP) is 5.70. The zero-order valence-corrected chi connectivity index (χ0v) is 13.7. The Morgan fingerprint density at radius 1 is 1.05 bits per heavy atom. The Bertz CT molecular complexity index is 591. The number of rotatable bonds is 4. The Labute approximate surface area is 130 Å². The van der Waals surface area contributed by atoms with Crippen LogP contribution in [-0.2, 0) is 6.54 Å². The molecular weight excluding hydrogens is 366 g/mol. The summed E-state index contributed by atoms with van der Waals surface area (Å²) in [5.41, 5.74) is 3.95. The SMILES string of the molecule is Brc1ccc(Br)c(NCc2cccc(C3CC3)c2)c1. The van der Waals surface area contributed by atoms with Gasteiger partial charge in [0.2, 0.25) is 0 Å². The van der Waals surface area contributed by atoms with Gasteiger partial charge in [-0.15, -0.1) is 0 Å². The van der Waals surface area contributed by atoms with E-state index in [9.17, 15) is 0 Å². The lowest BCUT2D eigenvalue weighted by molar-refractivity contribution is 1.08. The van der Waals surface area contributed by atoms with Gasteiger partial charge in [0, 0.05) is 21.2 Å². The fourth-order valence-corrected chi connectivity index (χ4v) is 2.95. The number of hydrogen-bond acceptors (Lipinski definition) is 1. The average Bonchev–Trinajstić information content (AvgIpc) is 3.25. The Kier molecular flexibility index (Phi) is 3.94. The third-order valence-corrected chi connectivity index (χ3v) is 4.60. The molecule has 0 atom stereocenters. The molecule has 0 heterocycles. The van der Waals surface area contributed by atoms with Gasteiger partial charge in [-0.2, -0.15) is 0 Å². The molecule has 3 heteroatoms. The van der Waals surface area contributed by atoms with Crippen molar-refractivity contribution in [2.45, 2.75) is 25.3 Å². The van der Waals surface area contributed by atoms with Gasteiger partial charge in [-0.1, -0.05) is 40.2 Å². The summed E-state index contributed by atoms with van der Waals surface area (Å²) in [5.74, 6) is 0.817. The summed E-state index contributed by atoms with van der Waals surface area (Å²) in [6.45, 7) is 0.857. The molecule has 19 heavy (non-hydrogen) atoms. The molecule has 0 aromatic heterocycles. The molecule has 1 aliphatic carbocycles. The minimum Gasteiger partial charge on any atom is -0.380 e. The molecular formula is C16H15Br2N. The zero-order valence-electron chi connectivity index (χ0n) is 10.5. The highest BCUT2D eigenvalue weighted by Crippen LogP contribution is 2.40. The van der Waals surface area contributed by atoms with Crippen molar-refractivity contribution in [3.05, 3.63) is 62.5 Å². The van der Waals surface area contributed by atoms with Crippen molar-refractivity contribution in [2.24, 2.45) is 0 Å². The second-order valence-corrected chi connectivity index (χ2v) is 6.77. The predicted molar refractivity (Wildman–Crippen MR) is 87.6 cm³/mol. The van der Waals surface area contributed by atoms with Crippen LogP contribution >= 0.6 is 31.9 Å². The zero-order chi connectivity index (χ0) is 13.2. The fourth-order valence-electron chi connectivity index (χ4n) is 2.20. The Balaban J connectivity index is 1.71. The summed E-state index contributed by atoms with van der Waals surface area (Å²) in [7, 11) is 0. The van der Waals surface area contributed by atoms with Crippen LogP contribution in [0, 0.1) is 0 Å². The van der Waals surface area contributed by atoms with Gasteiger partial charge in [-0.3, -0.25) is 0 Å². The van der Waals surface area contributed by atoms with E-state index in [1.807, 2.05) is 12.1 Å². The summed E-state index contributed by atoms with van der Waals surface area (Å²) in [6.07, 6.45) is 2.71. The van der Waals surface area contributed by atoms with Crippen molar-refractivity contribution < 1.29 is 0 Å². The summed E-state index contributed by atoms with van der Waals surface area (Å²) in [6, 6.07) is 15.1. The minimum absolute atomic E-state index is 0.817. The second-order valence-electron chi connectivity index (χ2n) is 5.00.